The molecule has 0 atom stereocenters. The fraction of sp³-hybridized carbons (Fsp3) is 0.263. The molecule has 6 nitrogen and oxygen atoms in total. The Morgan fingerprint density at radius 2 is 1.65 bits per heavy atom. The number of nitrogens with one attached hydrogen (secondary N) is 2. The first-order valence-corrected chi connectivity index (χ1v) is 8.42. The maximum absolute atomic E-state index is 12.2. The lowest BCUT2D eigenvalue weighted by Gasteiger charge is -2.10. The molecule has 0 spiro atoms. The summed E-state index contributed by atoms with van der Waals surface area (Å²) in [6, 6.07) is 12.1. The van der Waals surface area contributed by atoms with Crippen molar-refractivity contribution in [3.63, 3.8) is 0 Å². The first-order valence-electron chi connectivity index (χ1n) is 8.05. The van der Waals surface area contributed by atoms with Crippen molar-refractivity contribution in [1.29, 1.82) is 0 Å². The molecular formula is C19H21ClN2O4. The monoisotopic (exact) mass is 376 g/mol. The molecule has 0 fully saturated rings. The average Bonchev–Trinajstić information content (AvgIpc) is 2.65. The Morgan fingerprint density at radius 3 is 2.31 bits per heavy atom. The van der Waals surface area contributed by atoms with E-state index < -0.39 is 0 Å². The number of rotatable bonds is 8. The molecule has 0 saturated carbocycles. The van der Waals surface area contributed by atoms with Gasteiger partial charge in [0.05, 0.1) is 26.2 Å². The molecule has 2 aromatic carbocycles. The summed E-state index contributed by atoms with van der Waals surface area (Å²) in [5.74, 6) is 0.752. The van der Waals surface area contributed by atoms with E-state index in [0.717, 1.165) is 11.3 Å². The number of benzene rings is 2. The predicted octanol–water partition coefficient (Wildman–Crippen LogP) is 2.45. The summed E-state index contributed by atoms with van der Waals surface area (Å²) in [6.45, 7) is 0.618. The molecule has 0 aliphatic rings. The summed E-state index contributed by atoms with van der Waals surface area (Å²) in [5.41, 5.74) is 1.24. The molecule has 0 bridgehead atoms. The van der Waals surface area contributed by atoms with E-state index in [2.05, 4.69) is 10.6 Å². The van der Waals surface area contributed by atoms with Crippen molar-refractivity contribution in [1.82, 2.24) is 10.6 Å². The van der Waals surface area contributed by atoms with Gasteiger partial charge in [-0.1, -0.05) is 23.7 Å². The topological polar surface area (TPSA) is 76.7 Å². The van der Waals surface area contributed by atoms with Gasteiger partial charge in [0.1, 0.15) is 11.5 Å². The SMILES string of the molecule is COc1ccc(CC(=O)NCCNC(=O)c2cc(Cl)ccc2OC)cc1. The predicted molar refractivity (Wildman–Crippen MR) is 100 cm³/mol. The van der Waals surface area contributed by atoms with Crippen LogP contribution in [0.2, 0.25) is 5.02 Å². The lowest BCUT2D eigenvalue weighted by atomic mass is 10.1. The van der Waals surface area contributed by atoms with Crippen LogP contribution < -0.4 is 20.1 Å². The second kappa shape index (κ2) is 9.68. The standard InChI is InChI=1S/C19H21ClN2O4/c1-25-15-6-3-13(4-7-15)11-18(23)21-9-10-22-19(24)16-12-14(20)5-8-17(16)26-2/h3-8,12H,9-11H2,1-2H3,(H,21,23)(H,22,24). The fourth-order valence-corrected chi connectivity index (χ4v) is 2.49. The van der Waals surface area contributed by atoms with Gasteiger partial charge in [-0.25, -0.2) is 0 Å². The van der Waals surface area contributed by atoms with Gasteiger partial charge in [0.25, 0.3) is 5.91 Å². The quantitative estimate of drug-likeness (QED) is 0.694. The van der Waals surface area contributed by atoms with Gasteiger partial charge >= 0.3 is 0 Å². The molecule has 0 radical (unpaired) electrons. The normalized spacial score (nSPS) is 10.1. The number of hydrogen-bond acceptors (Lipinski definition) is 4. The highest BCUT2D eigenvalue weighted by atomic mass is 35.5. The number of ether oxygens (including phenoxy) is 2. The molecule has 2 amide bonds. The molecule has 2 N–H and O–H groups in total. The van der Waals surface area contributed by atoms with Gasteiger partial charge in [-0.05, 0) is 35.9 Å². The van der Waals surface area contributed by atoms with Crippen molar-refractivity contribution in [2.45, 2.75) is 6.42 Å². The van der Waals surface area contributed by atoms with Crippen LogP contribution in [0.25, 0.3) is 0 Å². The van der Waals surface area contributed by atoms with E-state index in [1.54, 1.807) is 31.4 Å². The van der Waals surface area contributed by atoms with E-state index in [1.807, 2.05) is 12.1 Å². The van der Waals surface area contributed by atoms with Crippen molar-refractivity contribution in [2.24, 2.45) is 0 Å². The highest BCUT2D eigenvalue weighted by Crippen LogP contribution is 2.22. The number of carbonyl (C=O) groups excluding carboxylic acids is 2. The molecule has 0 aliphatic carbocycles. The smallest absolute Gasteiger partial charge is 0.255 e. The van der Waals surface area contributed by atoms with E-state index in [4.69, 9.17) is 21.1 Å². The van der Waals surface area contributed by atoms with Crippen LogP contribution >= 0.6 is 11.6 Å². The maximum Gasteiger partial charge on any atom is 0.255 e. The van der Waals surface area contributed by atoms with E-state index in [0.29, 0.717) is 29.4 Å². The summed E-state index contributed by atoms with van der Waals surface area (Å²) in [6.07, 6.45) is 0.264. The van der Waals surface area contributed by atoms with Gasteiger partial charge in [0.15, 0.2) is 0 Å². The van der Waals surface area contributed by atoms with E-state index in [1.165, 1.54) is 13.2 Å². The van der Waals surface area contributed by atoms with Crippen LogP contribution in [0.15, 0.2) is 42.5 Å². The third kappa shape index (κ3) is 5.67. The summed E-state index contributed by atoms with van der Waals surface area (Å²) >= 11 is 5.92. The Morgan fingerprint density at radius 1 is 0.962 bits per heavy atom. The Hall–Kier alpha value is -2.73. The first kappa shape index (κ1) is 19.6. The van der Waals surface area contributed by atoms with Crippen LogP contribution in [0.4, 0.5) is 0 Å². The average molecular weight is 377 g/mol. The van der Waals surface area contributed by atoms with E-state index >= 15 is 0 Å². The van der Waals surface area contributed by atoms with Gasteiger partial charge in [0, 0.05) is 18.1 Å². The zero-order chi connectivity index (χ0) is 18.9. The largest absolute Gasteiger partial charge is 0.497 e. The zero-order valence-corrected chi connectivity index (χ0v) is 15.4. The molecule has 0 heterocycles. The Balaban J connectivity index is 1.76. The van der Waals surface area contributed by atoms with Crippen LogP contribution in [0.5, 0.6) is 11.5 Å². The van der Waals surface area contributed by atoms with Crippen molar-refractivity contribution in [3.8, 4) is 11.5 Å². The van der Waals surface area contributed by atoms with Crippen molar-refractivity contribution in [2.75, 3.05) is 27.3 Å². The molecule has 26 heavy (non-hydrogen) atoms. The fourth-order valence-electron chi connectivity index (χ4n) is 2.32. The van der Waals surface area contributed by atoms with Gasteiger partial charge in [-0.3, -0.25) is 9.59 Å². The van der Waals surface area contributed by atoms with E-state index in [-0.39, 0.29) is 18.2 Å². The third-order valence-electron chi connectivity index (χ3n) is 3.66. The molecule has 0 unspecified atom stereocenters. The van der Waals surface area contributed by atoms with Crippen molar-refractivity contribution in [3.05, 3.63) is 58.6 Å². The lowest BCUT2D eigenvalue weighted by Crippen LogP contribution is -2.35. The van der Waals surface area contributed by atoms with Gasteiger partial charge in [0.2, 0.25) is 5.91 Å². The second-order valence-corrected chi connectivity index (χ2v) is 5.91. The number of halogens is 1. The number of hydrogen-bond donors (Lipinski definition) is 2. The van der Waals surface area contributed by atoms with Crippen LogP contribution in [0, 0.1) is 0 Å². The Bertz CT molecular complexity index is 763. The number of carbonyl (C=O) groups is 2. The Kier molecular flexibility index (Phi) is 7.29. The minimum absolute atomic E-state index is 0.121. The third-order valence-corrected chi connectivity index (χ3v) is 3.90. The van der Waals surface area contributed by atoms with Crippen LogP contribution in [0.3, 0.4) is 0 Å². The molecular weight excluding hydrogens is 356 g/mol. The lowest BCUT2D eigenvalue weighted by molar-refractivity contribution is -0.120. The van der Waals surface area contributed by atoms with Gasteiger partial charge < -0.3 is 20.1 Å². The molecule has 0 aliphatic heterocycles. The van der Waals surface area contributed by atoms with Crippen molar-refractivity contribution < 1.29 is 19.1 Å². The number of methoxy groups -OCH3 is 2. The van der Waals surface area contributed by atoms with Gasteiger partial charge in [-0.2, -0.15) is 0 Å². The molecule has 0 aromatic heterocycles. The Labute approximate surface area is 157 Å². The van der Waals surface area contributed by atoms with Crippen molar-refractivity contribution >= 4 is 23.4 Å². The van der Waals surface area contributed by atoms with E-state index in [9.17, 15) is 9.59 Å². The zero-order valence-electron chi connectivity index (χ0n) is 14.7. The first-order chi connectivity index (χ1) is 12.5. The highest BCUT2D eigenvalue weighted by molar-refractivity contribution is 6.31. The number of amides is 2. The van der Waals surface area contributed by atoms with Crippen LogP contribution in [0.1, 0.15) is 15.9 Å². The second-order valence-electron chi connectivity index (χ2n) is 5.48. The summed E-state index contributed by atoms with van der Waals surface area (Å²) in [4.78, 5) is 24.1. The molecule has 2 aromatic rings. The summed E-state index contributed by atoms with van der Waals surface area (Å²) in [7, 11) is 3.08. The minimum atomic E-state index is -0.311. The van der Waals surface area contributed by atoms with Crippen LogP contribution in [-0.4, -0.2) is 39.1 Å². The summed E-state index contributed by atoms with van der Waals surface area (Å²) < 4.78 is 10.2. The molecule has 7 heteroatoms. The highest BCUT2D eigenvalue weighted by Gasteiger charge is 2.12. The minimum Gasteiger partial charge on any atom is -0.497 e. The molecule has 138 valence electrons. The summed E-state index contributed by atoms with van der Waals surface area (Å²) in [5, 5.41) is 5.94. The van der Waals surface area contributed by atoms with Crippen LogP contribution in [-0.2, 0) is 11.2 Å². The maximum atomic E-state index is 12.2. The van der Waals surface area contributed by atoms with Gasteiger partial charge in [-0.15, -0.1) is 0 Å². The molecule has 2 rings (SSSR count). The molecule has 0 saturated heterocycles.